The molecule has 0 radical (unpaired) electrons. The molecule has 4 aliphatic rings. The van der Waals surface area contributed by atoms with Gasteiger partial charge in [-0.25, -0.2) is 4.90 Å². The molecule has 5 nitrogen and oxygen atoms in total. The number of hydrogen-bond acceptors (Lipinski definition) is 4. The van der Waals surface area contributed by atoms with Gasteiger partial charge in [0.1, 0.15) is 23.0 Å². The van der Waals surface area contributed by atoms with E-state index in [0.717, 1.165) is 82.1 Å². The number of rotatable bonds is 5. The minimum absolute atomic E-state index is 0.230. The molecule has 9 rings (SSSR count). The van der Waals surface area contributed by atoms with Crippen LogP contribution in [0, 0.1) is 0 Å². The van der Waals surface area contributed by atoms with Crippen LogP contribution in [0.2, 0.25) is 0 Å². The average molecular weight is 614 g/mol. The molecule has 0 saturated heterocycles. The first-order chi connectivity index (χ1) is 23.1. The van der Waals surface area contributed by atoms with Gasteiger partial charge in [-0.3, -0.25) is 9.59 Å². The van der Waals surface area contributed by atoms with Crippen molar-refractivity contribution < 1.29 is 19.1 Å². The number of aryl methyl sites for hydroxylation is 2. The van der Waals surface area contributed by atoms with Crippen molar-refractivity contribution in [2.24, 2.45) is 0 Å². The summed E-state index contributed by atoms with van der Waals surface area (Å²) in [5.41, 5.74) is 10.4. The Bertz CT molecular complexity index is 2180. The molecule has 0 aromatic heterocycles. The third kappa shape index (κ3) is 4.53. The van der Waals surface area contributed by atoms with E-state index in [1.165, 1.54) is 16.0 Å². The summed E-state index contributed by atoms with van der Waals surface area (Å²) < 4.78 is 12.5. The SMILES string of the molecule is O=C1c2c3c(c4c(c2C(=O)N1c1ccccc1)CCc1cc(Oc2ccccc2)ccc1-4)-c1ccc(OC2=CCCC=C2)cc1CC3. The van der Waals surface area contributed by atoms with Crippen LogP contribution in [0.4, 0.5) is 5.69 Å². The minimum atomic E-state index is -0.230. The molecule has 0 bridgehead atoms. The van der Waals surface area contributed by atoms with Gasteiger partial charge in [-0.2, -0.15) is 0 Å². The minimum Gasteiger partial charge on any atom is -0.458 e. The Kier molecular flexibility index (Phi) is 6.46. The first-order valence-electron chi connectivity index (χ1n) is 16.3. The zero-order valence-corrected chi connectivity index (χ0v) is 25.8. The first kappa shape index (κ1) is 27.6. The Hall–Kier alpha value is -5.68. The van der Waals surface area contributed by atoms with Crippen LogP contribution in [0.3, 0.4) is 0 Å². The number of anilines is 1. The second-order valence-electron chi connectivity index (χ2n) is 12.5. The standard InChI is InChI=1S/C42H31NO4/c44-41-39-35-20-16-26-24-31(46-29-12-6-2-7-13-29)18-22-33(26)37(35)38-34-23-19-32(47-30-14-8-3-9-15-30)25-27(34)17-21-36(38)40(39)42(45)43(41)28-10-4-1-5-11-28/h1-2,4-8,10-15,18-19,22-25H,3,9,16-17,20-21H2. The van der Waals surface area contributed by atoms with E-state index in [1.807, 2.05) is 78.9 Å². The van der Waals surface area contributed by atoms with Crippen molar-refractivity contribution in [2.75, 3.05) is 4.90 Å². The van der Waals surface area contributed by atoms with Crippen molar-refractivity contribution in [1.82, 2.24) is 0 Å². The normalized spacial score (nSPS) is 15.7. The van der Waals surface area contributed by atoms with Crippen molar-refractivity contribution in [3.63, 3.8) is 0 Å². The monoisotopic (exact) mass is 613 g/mol. The summed E-state index contributed by atoms with van der Waals surface area (Å²) in [4.78, 5) is 29.9. The molecule has 2 amide bonds. The fourth-order valence-corrected chi connectivity index (χ4v) is 7.66. The van der Waals surface area contributed by atoms with Crippen LogP contribution in [0.15, 0.2) is 121 Å². The highest BCUT2D eigenvalue weighted by Crippen LogP contribution is 2.52. The molecule has 0 N–H and O–H groups in total. The molecule has 1 heterocycles. The second-order valence-corrected chi connectivity index (χ2v) is 12.5. The summed E-state index contributed by atoms with van der Waals surface area (Å²) in [6, 6.07) is 31.7. The number of benzene rings is 5. The molecular formula is C42H31NO4. The number of allylic oxidation sites excluding steroid dienone is 3. The molecule has 1 aliphatic heterocycles. The van der Waals surface area contributed by atoms with Crippen LogP contribution in [0.5, 0.6) is 17.2 Å². The Morgan fingerprint density at radius 1 is 0.532 bits per heavy atom. The maximum absolute atomic E-state index is 14.3. The van der Waals surface area contributed by atoms with Crippen LogP contribution in [0.25, 0.3) is 22.3 Å². The van der Waals surface area contributed by atoms with Crippen LogP contribution in [0.1, 0.15) is 55.8 Å². The van der Waals surface area contributed by atoms with Crippen LogP contribution < -0.4 is 14.4 Å². The number of para-hydroxylation sites is 2. The van der Waals surface area contributed by atoms with Gasteiger partial charge in [0.25, 0.3) is 11.8 Å². The van der Waals surface area contributed by atoms with E-state index in [9.17, 15) is 9.59 Å². The average Bonchev–Trinajstić information content (AvgIpc) is 3.38. The van der Waals surface area contributed by atoms with Crippen molar-refractivity contribution in [3.8, 4) is 39.5 Å². The third-order valence-corrected chi connectivity index (χ3v) is 9.71. The molecule has 47 heavy (non-hydrogen) atoms. The fourth-order valence-electron chi connectivity index (χ4n) is 7.66. The number of ether oxygens (including phenoxy) is 2. The number of imide groups is 1. The number of carbonyl (C=O) groups excluding carboxylic acids is 2. The summed E-state index contributed by atoms with van der Waals surface area (Å²) >= 11 is 0. The van der Waals surface area contributed by atoms with Crippen molar-refractivity contribution in [3.05, 3.63) is 154 Å². The van der Waals surface area contributed by atoms with Gasteiger partial charge >= 0.3 is 0 Å². The topological polar surface area (TPSA) is 55.8 Å². The van der Waals surface area contributed by atoms with Crippen molar-refractivity contribution in [2.45, 2.75) is 38.5 Å². The highest BCUT2D eigenvalue weighted by molar-refractivity contribution is 6.36. The van der Waals surface area contributed by atoms with Gasteiger partial charge < -0.3 is 9.47 Å². The molecular weight excluding hydrogens is 582 g/mol. The Morgan fingerprint density at radius 3 is 1.68 bits per heavy atom. The Morgan fingerprint density at radius 2 is 1.11 bits per heavy atom. The van der Waals surface area contributed by atoms with Crippen LogP contribution >= 0.6 is 0 Å². The molecule has 228 valence electrons. The number of fused-ring (bicyclic) bond motifs is 10. The molecule has 0 unspecified atom stereocenters. The van der Waals surface area contributed by atoms with E-state index in [1.54, 1.807) is 0 Å². The second kappa shape index (κ2) is 11.0. The maximum Gasteiger partial charge on any atom is 0.266 e. The highest BCUT2D eigenvalue weighted by Gasteiger charge is 2.44. The van der Waals surface area contributed by atoms with Gasteiger partial charge in [-0.15, -0.1) is 0 Å². The van der Waals surface area contributed by atoms with Gasteiger partial charge in [-0.1, -0.05) is 54.6 Å². The van der Waals surface area contributed by atoms with E-state index in [4.69, 9.17) is 9.47 Å². The highest BCUT2D eigenvalue weighted by atomic mass is 16.5. The van der Waals surface area contributed by atoms with E-state index < -0.39 is 0 Å². The molecule has 5 heteroatoms. The lowest BCUT2D eigenvalue weighted by molar-refractivity contribution is 0.0925. The van der Waals surface area contributed by atoms with E-state index >= 15 is 0 Å². The Balaban J connectivity index is 1.22. The zero-order valence-electron chi connectivity index (χ0n) is 25.8. The number of hydrogen-bond donors (Lipinski definition) is 0. The molecule has 5 aromatic rings. The Labute approximate surface area is 273 Å². The van der Waals surface area contributed by atoms with E-state index in [-0.39, 0.29) is 11.8 Å². The van der Waals surface area contributed by atoms with Gasteiger partial charge in [0.15, 0.2) is 0 Å². The first-order valence-corrected chi connectivity index (χ1v) is 16.3. The predicted molar refractivity (Wildman–Crippen MR) is 183 cm³/mol. The lowest BCUT2D eigenvalue weighted by Crippen LogP contribution is -2.29. The van der Waals surface area contributed by atoms with Gasteiger partial charge in [0, 0.05) is 0 Å². The predicted octanol–water partition coefficient (Wildman–Crippen LogP) is 9.42. The van der Waals surface area contributed by atoms with Crippen molar-refractivity contribution >= 4 is 17.5 Å². The van der Waals surface area contributed by atoms with Gasteiger partial charge in [0.05, 0.1) is 16.8 Å². The largest absolute Gasteiger partial charge is 0.458 e. The summed E-state index contributed by atoms with van der Waals surface area (Å²) in [7, 11) is 0. The molecule has 0 saturated carbocycles. The molecule has 0 fully saturated rings. The maximum atomic E-state index is 14.3. The summed E-state index contributed by atoms with van der Waals surface area (Å²) in [5, 5.41) is 0. The van der Waals surface area contributed by atoms with Crippen molar-refractivity contribution in [1.29, 1.82) is 0 Å². The summed E-state index contributed by atoms with van der Waals surface area (Å²) in [5.74, 6) is 2.79. The van der Waals surface area contributed by atoms with Gasteiger partial charge in [0.2, 0.25) is 0 Å². The molecule has 3 aliphatic carbocycles. The number of amides is 2. The summed E-state index contributed by atoms with van der Waals surface area (Å²) in [6.45, 7) is 0. The molecule has 5 aromatic carbocycles. The lowest BCUT2D eigenvalue weighted by atomic mass is 9.72. The zero-order chi connectivity index (χ0) is 31.5. The van der Waals surface area contributed by atoms with Crippen LogP contribution in [-0.4, -0.2) is 11.8 Å². The fraction of sp³-hybridized carbons (Fsp3) is 0.143. The van der Waals surface area contributed by atoms with Crippen LogP contribution in [-0.2, 0) is 25.7 Å². The van der Waals surface area contributed by atoms with Gasteiger partial charge in [-0.05, 0) is 144 Å². The van der Waals surface area contributed by atoms with E-state index in [2.05, 4.69) is 36.4 Å². The van der Waals surface area contributed by atoms with E-state index in [0.29, 0.717) is 29.7 Å². The third-order valence-electron chi connectivity index (χ3n) is 9.71. The number of nitrogens with zero attached hydrogens (tertiary/aromatic N) is 1. The molecule has 0 spiro atoms. The smallest absolute Gasteiger partial charge is 0.266 e. The quantitative estimate of drug-likeness (QED) is 0.185. The summed E-state index contributed by atoms with van der Waals surface area (Å²) in [6.07, 6.45) is 11.1. The number of carbonyl (C=O) groups is 2. The lowest BCUT2D eigenvalue weighted by Gasteiger charge is -2.31. The molecule has 0 atom stereocenters.